The van der Waals surface area contributed by atoms with Crippen LogP contribution in [0.3, 0.4) is 0 Å². The number of carboxylic acids is 1. The Morgan fingerprint density at radius 2 is 1.10 bits per heavy atom. The largest absolute Gasteiger partial charge is 0.480 e. The average Bonchev–Trinajstić information content (AvgIpc) is 4.37. The number of hydrogen-bond donors (Lipinski definition) is 7. The highest BCUT2D eigenvalue weighted by atomic mass is 32.2. The first-order chi connectivity index (χ1) is 39.2. The molecule has 2 fully saturated rings. The van der Waals surface area contributed by atoms with Gasteiger partial charge in [-0.1, -0.05) is 84.9 Å². The fourth-order valence-electron chi connectivity index (χ4n) is 10.8. The number of nitrogens with two attached hydrogens (primary N) is 2. The number of likely N-dealkylation sites (tertiary alicyclic amines) is 2. The van der Waals surface area contributed by atoms with E-state index in [1.54, 1.807) is 48.6 Å². The van der Waals surface area contributed by atoms with Gasteiger partial charge in [0.1, 0.15) is 12.1 Å². The second-order valence-electron chi connectivity index (χ2n) is 20.7. The molecule has 4 amide bonds. The third kappa shape index (κ3) is 18.1. The summed E-state index contributed by atoms with van der Waals surface area (Å²) >= 11 is 3.15. The Bertz CT molecular complexity index is 2980. The molecule has 434 valence electrons. The van der Waals surface area contributed by atoms with Gasteiger partial charge in [-0.3, -0.25) is 29.0 Å². The number of ether oxygens (including phenoxy) is 1. The van der Waals surface area contributed by atoms with Gasteiger partial charge in [0.25, 0.3) is 0 Å². The van der Waals surface area contributed by atoms with E-state index >= 15 is 0 Å². The minimum absolute atomic E-state index is 0.0188. The van der Waals surface area contributed by atoms with Crippen molar-refractivity contribution in [1.29, 1.82) is 0 Å². The number of rotatable bonds is 28. The molecule has 2 aliphatic rings. The number of benzene rings is 4. The lowest BCUT2D eigenvalue weighted by Crippen LogP contribution is -2.52. The van der Waals surface area contributed by atoms with Crippen molar-refractivity contribution in [2.24, 2.45) is 11.5 Å². The van der Waals surface area contributed by atoms with E-state index in [1.807, 2.05) is 69.7 Å². The first kappa shape index (κ1) is 61.8. The zero-order valence-electron chi connectivity index (χ0n) is 46.5. The number of H-pyrrole nitrogens is 2. The number of imidazole rings is 2. The lowest BCUT2D eigenvalue weighted by molar-refractivity contribution is -0.145. The van der Waals surface area contributed by atoms with Crippen LogP contribution >= 0.6 is 23.5 Å². The normalized spacial score (nSPS) is 16.7. The summed E-state index contributed by atoms with van der Waals surface area (Å²) in [5.41, 5.74) is 16.4. The minimum Gasteiger partial charge on any atom is -0.480 e. The van der Waals surface area contributed by atoms with Gasteiger partial charge in [0.05, 0.1) is 44.9 Å². The molecule has 2 saturated heterocycles. The fourth-order valence-corrected chi connectivity index (χ4v) is 11.8. The Labute approximate surface area is 482 Å². The molecular formula is C59H78N12O8S2. The molecular weight excluding hydrogens is 1070 g/mol. The molecule has 0 aliphatic carbocycles. The number of aromatic nitrogens is 4. The van der Waals surface area contributed by atoms with Gasteiger partial charge in [0.15, 0.2) is 0 Å². The van der Waals surface area contributed by atoms with E-state index in [1.165, 1.54) is 7.11 Å². The molecule has 0 unspecified atom stereocenters. The SMILES string of the molecule is COC(=O)[C@H](CCSC)NC(=O)CN(Cc1cccc2ccccc12)C[C@@H]1CCCN1C(=O)[C@@H](N)Cc1cnc[nH]1.CSCC[C@H](NC(=O)CN(Cc1cccc2ccccc12)C[C@@H]1CCCN1C(=O)[C@@H](N)Cc1cnc[nH]1)C(=O)O. The van der Waals surface area contributed by atoms with Crippen LogP contribution in [0.1, 0.15) is 61.0 Å². The van der Waals surface area contributed by atoms with Crippen molar-refractivity contribution < 1.29 is 38.6 Å². The number of fused-ring (bicyclic) bond motifs is 2. The molecule has 0 bridgehead atoms. The highest BCUT2D eigenvalue weighted by molar-refractivity contribution is 7.98. The molecule has 2 aromatic heterocycles. The molecule has 81 heavy (non-hydrogen) atoms. The smallest absolute Gasteiger partial charge is 0.328 e. The first-order valence-electron chi connectivity index (χ1n) is 27.6. The standard InChI is InChI=1S/C30H40N6O4S.C29H38N6O4S/c1-40-30(39)27(12-14-41-2)34-28(37)19-35(17-22-9-5-8-21-7-3-4-11-25(21)22)18-24-10-6-13-36(24)29(38)26(31)15-23-16-32-20-33-23;1-40-13-11-26(29(38)39)33-27(36)18-34(16-21-8-4-7-20-6-2-3-10-24(20)21)17-23-9-5-12-35(23)28(37)25(30)14-22-15-31-19-32-22/h3-5,7-9,11,16,20,24,26-27H,6,10,12-15,17-19,31H2,1-2H3,(H,32,33)(H,34,37);2-4,6-8,10,15,19,23,25-26H,5,9,11-14,16-18,30H2,1H3,(H,31,32)(H,33,36)(H,38,39)/t24-,26-,27-;23-,25-,26-/m00/s1. The highest BCUT2D eigenvalue weighted by Gasteiger charge is 2.36. The van der Waals surface area contributed by atoms with Crippen molar-refractivity contribution in [3.63, 3.8) is 0 Å². The molecule has 0 spiro atoms. The van der Waals surface area contributed by atoms with Gasteiger partial charge < -0.3 is 51.7 Å². The number of aromatic amines is 2. The predicted octanol–water partition coefficient (Wildman–Crippen LogP) is 4.59. The van der Waals surface area contributed by atoms with E-state index < -0.39 is 36.1 Å². The van der Waals surface area contributed by atoms with Gasteiger partial charge >= 0.3 is 11.9 Å². The summed E-state index contributed by atoms with van der Waals surface area (Å²) in [5, 5.41) is 19.6. The van der Waals surface area contributed by atoms with Gasteiger partial charge in [-0.25, -0.2) is 19.6 Å². The van der Waals surface area contributed by atoms with Crippen LogP contribution < -0.4 is 22.1 Å². The number of hydrogen-bond acceptors (Lipinski definition) is 15. The molecule has 20 nitrogen and oxygen atoms in total. The van der Waals surface area contributed by atoms with Gasteiger partial charge in [-0.2, -0.15) is 23.5 Å². The van der Waals surface area contributed by atoms with Crippen LogP contribution in [0.5, 0.6) is 0 Å². The number of amides is 4. The molecule has 0 radical (unpaired) electrons. The van der Waals surface area contributed by atoms with Crippen LogP contribution in [0.4, 0.5) is 0 Å². The molecule has 4 heterocycles. The van der Waals surface area contributed by atoms with Gasteiger partial charge in [0, 0.05) is 88.0 Å². The third-order valence-corrected chi connectivity index (χ3v) is 16.1. The quantitative estimate of drug-likeness (QED) is 0.0331. The molecule has 9 N–H and O–H groups in total. The zero-order valence-corrected chi connectivity index (χ0v) is 48.2. The Morgan fingerprint density at radius 3 is 1.52 bits per heavy atom. The topological polar surface area (TPSA) is 278 Å². The van der Waals surface area contributed by atoms with Crippen molar-refractivity contribution in [3.05, 3.63) is 132 Å². The maximum absolute atomic E-state index is 13.4. The average molecular weight is 1150 g/mol. The zero-order chi connectivity index (χ0) is 57.7. The van der Waals surface area contributed by atoms with E-state index in [0.717, 1.165) is 75.5 Å². The van der Waals surface area contributed by atoms with E-state index in [-0.39, 0.29) is 48.8 Å². The molecule has 22 heteroatoms. The van der Waals surface area contributed by atoms with E-state index in [0.29, 0.717) is 70.7 Å². The third-order valence-electron chi connectivity index (χ3n) is 14.8. The van der Waals surface area contributed by atoms with Crippen molar-refractivity contribution >= 4 is 80.6 Å². The monoisotopic (exact) mass is 1150 g/mol. The number of methoxy groups -OCH3 is 1. The molecule has 0 saturated carbocycles. The Kier molecular flexibility index (Phi) is 24.0. The summed E-state index contributed by atoms with van der Waals surface area (Å²) in [6.45, 7) is 3.32. The number of carbonyl (C=O) groups excluding carboxylic acids is 5. The maximum atomic E-state index is 13.4. The van der Waals surface area contributed by atoms with Crippen LogP contribution in [-0.2, 0) is 59.4 Å². The molecule has 4 aromatic carbocycles. The Hall–Kier alpha value is -6.82. The molecule has 2 aliphatic heterocycles. The number of thioether (sulfide) groups is 2. The van der Waals surface area contributed by atoms with Crippen LogP contribution in [0.15, 0.2) is 110 Å². The fraction of sp³-hybridized carbons (Fsp3) is 0.458. The number of nitrogens with zero attached hydrogens (tertiary/aromatic N) is 6. The number of aliphatic carboxylic acids is 1. The van der Waals surface area contributed by atoms with Gasteiger partial charge in [-0.15, -0.1) is 0 Å². The number of esters is 1. The first-order valence-corrected chi connectivity index (χ1v) is 30.4. The number of carbonyl (C=O) groups is 6. The molecule has 6 aromatic rings. The minimum atomic E-state index is -1.04. The molecule has 6 atom stereocenters. The molecule has 8 rings (SSSR count). The Morgan fingerprint density at radius 1 is 0.667 bits per heavy atom. The summed E-state index contributed by atoms with van der Waals surface area (Å²) < 4.78 is 4.93. The summed E-state index contributed by atoms with van der Waals surface area (Å²) in [4.78, 5) is 99.0. The predicted molar refractivity (Wildman–Crippen MR) is 318 cm³/mol. The summed E-state index contributed by atoms with van der Waals surface area (Å²) in [6, 6.07) is 25.3. The van der Waals surface area contributed by atoms with E-state index in [2.05, 4.69) is 77.9 Å². The van der Waals surface area contributed by atoms with Crippen molar-refractivity contribution in [3.8, 4) is 0 Å². The van der Waals surface area contributed by atoms with Crippen molar-refractivity contribution in [2.45, 2.75) is 101 Å². The van der Waals surface area contributed by atoms with Gasteiger partial charge in [-0.05, 0) is 95.2 Å². The highest BCUT2D eigenvalue weighted by Crippen LogP contribution is 2.26. The van der Waals surface area contributed by atoms with Crippen LogP contribution in [-0.4, -0.2) is 187 Å². The van der Waals surface area contributed by atoms with Crippen molar-refractivity contribution in [1.82, 2.24) is 50.2 Å². The van der Waals surface area contributed by atoms with Gasteiger partial charge in [0.2, 0.25) is 23.6 Å². The van der Waals surface area contributed by atoms with Crippen LogP contribution in [0, 0.1) is 0 Å². The number of nitrogens with one attached hydrogen (secondary N) is 4. The summed E-state index contributed by atoms with van der Waals surface area (Å²) in [5.74, 6) is -0.955. The number of carboxylic acid groups (broad SMARTS) is 1. The second kappa shape index (κ2) is 31.4. The summed E-state index contributed by atoms with van der Waals surface area (Å²) in [6.07, 6.45) is 15.3. The van der Waals surface area contributed by atoms with E-state index in [9.17, 15) is 33.9 Å². The maximum Gasteiger partial charge on any atom is 0.328 e. The van der Waals surface area contributed by atoms with Crippen molar-refractivity contribution in [2.75, 3.05) is 70.4 Å². The second-order valence-corrected chi connectivity index (χ2v) is 22.7. The van der Waals surface area contributed by atoms with Crippen LogP contribution in [0.25, 0.3) is 21.5 Å². The Balaban J connectivity index is 0.000000234. The van der Waals surface area contributed by atoms with E-state index in [4.69, 9.17) is 16.2 Å². The van der Waals surface area contributed by atoms with Crippen LogP contribution in [0.2, 0.25) is 0 Å². The summed E-state index contributed by atoms with van der Waals surface area (Å²) in [7, 11) is 1.33. The lowest BCUT2D eigenvalue weighted by atomic mass is 10.0. The lowest BCUT2D eigenvalue weighted by Gasteiger charge is -2.32.